The average molecular weight is 294 g/mol. The molecule has 0 radical (unpaired) electrons. The molecule has 2 fully saturated rings. The van der Waals surface area contributed by atoms with Crippen LogP contribution in [0.15, 0.2) is 12.2 Å². The van der Waals surface area contributed by atoms with Gasteiger partial charge in [0.25, 0.3) is 0 Å². The van der Waals surface area contributed by atoms with E-state index in [0.29, 0.717) is 23.2 Å². The van der Waals surface area contributed by atoms with Crippen LogP contribution in [0.2, 0.25) is 0 Å². The molecule has 6 atom stereocenters. The second-order valence-corrected chi connectivity index (χ2v) is 8.44. The Labute approximate surface area is 130 Å². The van der Waals surface area contributed by atoms with E-state index in [1.165, 1.54) is 25.7 Å². The van der Waals surface area contributed by atoms with Gasteiger partial charge in [-0.05, 0) is 62.7 Å². The van der Waals surface area contributed by atoms with Crippen LogP contribution in [-0.4, -0.2) is 21.9 Å². The normalized spacial score (nSPS) is 40.2. The quantitative estimate of drug-likeness (QED) is 0.764. The minimum atomic E-state index is -0.653. The Kier molecular flexibility index (Phi) is 4.90. The van der Waals surface area contributed by atoms with Crippen molar-refractivity contribution >= 4 is 0 Å². The highest BCUT2D eigenvalue weighted by molar-refractivity contribution is 5.06. The van der Waals surface area contributed by atoms with Crippen LogP contribution < -0.4 is 0 Å². The molecular weight excluding hydrogens is 260 g/mol. The zero-order chi connectivity index (χ0) is 15.8. The highest BCUT2D eigenvalue weighted by atomic mass is 16.3. The second kappa shape index (κ2) is 6.04. The first-order chi connectivity index (χ1) is 9.66. The van der Waals surface area contributed by atoms with Gasteiger partial charge in [-0.25, -0.2) is 0 Å². The summed E-state index contributed by atoms with van der Waals surface area (Å²) in [7, 11) is 0. The van der Waals surface area contributed by atoms with E-state index < -0.39 is 5.60 Å². The predicted octanol–water partition coefficient (Wildman–Crippen LogP) is 4.16. The van der Waals surface area contributed by atoms with Gasteiger partial charge in [-0.3, -0.25) is 0 Å². The van der Waals surface area contributed by atoms with Crippen molar-refractivity contribution in [2.75, 3.05) is 0 Å². The van der Waals surface area contributed by atoms with Crippen LogP contribution in [0.5, 0.6) is 0 Å². The number of hydrogen-bond donors (Lipinski definition) is 2. The van der Waals surface area contributed by atoms with E-state index in [0.717, 1.165) is 6.42 Å². The fourth-order valence-corrected chi connectivity index (χ4v) is 4.76. The molecule has 2 N–H and O–H groups in total. The molecule has 21 heavy (non-hydrogen) atoms. The lowest BCUT2D eigenvalue weighted by Gasteiger charge is -2.44. The minimum absolute atomic E-state index is 0.0831. The number of allylic oxidation sites excluding steroid dienone is 1. The molecule has 0 aliphatic heterocycles. The molecule has 0 heterocycles. The summed E-state index contributed by atoms with van der Waals surface area (Å²) in [5.41, 5.74) is -0.348. The summed E-state index contributed by atoms with van der Waals surface area (Å²) in [5, 5.41) is 20.4. The minimum Gasteiger partial charge on any atom is -0.393 e. The third-order valence-electron chi connectivity index (χ3n) is 6.61. The Morgan fingerprint density at radius 1 is 1.14 bits per heavy atom. The van der Waals surface area contributed by atoms with Gasteiger partial charge in [0.1, 0.15) is 0 Å². The highest BCUT2D eigenvalue weighted by Crippen LogP contribution is 2.57. The van der Waals surface area contributed by atoms with Gasteiger partial charge >= 0.3 is 0 Å². The van der Waals surface area contributed by atoms with E-state index >= 15 is 0 Å². The van der Waals surface area contributed by atoms with Crippen LogP contribution in [-0.2, 0) is 0 Å². The highest BCUT2D eigenvalue weighted by Gasteiger charge is 2.51. The molecule has 0 aromatic carbocycles. The summed E-state index contributed by atoms with van der Waals surface area (Å²) in [6.07, 6.45) is 10.2. The maximum Gasteiger partial charge on any atom is 0.0651 e. The molecule has 2 nitrogen and oxygen atoms in total. The van der Waals surface area contributed by atoms with Crippen LogP contribution in [0.25, 0.3) is 0 Å². The number of fused-ring (bicyclic) bond motifs is 1. The molecule has 0 spiro atoms. The van der Waals surface area contributed by atoms with E-state index in [2.05, 4.69) is 32.9 Å². The lowest BCUT2D eigenvalue weighted by atomic mass is 9.62. The van der Waals surface area contributed by atoms with Gasteiger partial charge in [0.2, 0.25) is 0 Å². The molecule has 0 amide bonds. The first-order valence-corrected chi connectivity index (χ1v) is 8.75. The summed E-state index contributed by atoms with van der Waals surface area (Å²) in [5.74, 6) is 1.86. The number of hydrogen-bond acceptors (Lipinski definition) is 2. The van der Waals surface area contributed by atoms with Crippen LogP contribution in [0.1, 0.15) is 66.7 Å². The van der Waals surface area contributed by atoms with Gasteiger partial charge in [0, 0.05) is 5.92 Å². The van der Waals surface area contributed by atoms with Crippen molar-refractivity contribution in [2.24, 2.45) is 29.1 Å². The summed E-state index contributed by atoms with van der Waals surface area (Å²) in [6, 6.07) is 0. The fourth-order valence-electron chi connectivity index (χ4n) is 4.76. The van der Waals surface area contributed by atoms with Crippen molar-refractivity contribution < 1.29 is 10.2 Å². The van der Waals surface area contributed by atoms with E-state index in [-0.39, 0.29) is 12.0 Å². The zero-order valence-electron chi connectivity index (χ0n) is 14.5. The smallest absolute Gasteiger partial charge is 0.0651 e. The van der Waals surface area contributed by atoms with Gasteiger partial charge in [0.05, 0.1) is 11.7 Å². The zero-order valence-corrected chi connectivity index (χ0v) is 14.5. The summed E-state index contributed by atoms with van der Waals surface area (Å²) in [6.45, 7) is 10.5. The Morgan fingerprint density at radius 3 is 2.43 bits per heavy atom. The lowest BCUT2D eigenvalue weighted by Crippen LogP contribution is -2.41. The summed E-state index contributed by atoms with van der Waals surface area (Å²) >= 11 is 0. The van der Waals surface area contributed by atoms with E-state index in [1.54, 1.807) is 0 Å². The topological polar surface area (TPSA) is 40.5 Å². The van der Waals surface area contributed by atoms with Crippen LogP contribution in [0.3, 0.4) is 0 Å². The molecule has 2 aliphatic carbocycles. The first kappa shape index (κ1) is 17.0. The predicted molar refractivity (Wildman–Crippen MR) is 87.9 cm³/mol. The third kappa shape index (κ3) is 3.37. The van der Waals surface area contributed by atoms with Crippen molar-refractivity contribution in [3.8, 4) is 0 Å². The van der Waals surface area contributed by atoms with Crippen molar-refractivity contribution in [1.82, 2.24) is 0 Å². The maximum atomic E-state index is 10.3. The molecule has 122 valence electrons. The van der Waals surface area contributed by atoms with E-state index in [9.17, 15) is 10.2 Å². The van der Waals surface area contributed by atoms with Gasteiger partial charge in [-0.1, -0.05) is 39.3 Å². The summed E-state index contributed by atoms with van der Waals surface area (Å²) in [4.78, 5) is 0. The van der Waals surface area contributed by atoms with Gasteiger partial charge in [-0.15, -0.1) is 0 Å². The van der Waals surface area contributed by atoms with Crippen LogP contribution >= 0.6 is 0 Å². The molecule has 2 rings (SSSR count). The number of rotatable bonds is 4. The SMILES string of the molecule is C[C@H](/C=C/[C@H](C)C(C)(C)O)[C@H]1CC[C@@H]2[C@@H](O)CCC[C@]12C. The Morgan fingerprint density at radius 2 is 1.81 bits per heavy atom. The standard InChI is InChI=1S/C19H34O2/c1-13(8-9-14(2)18(3,4)21)15-10-11-16-17(20)7-6-12-19(15,16)5/h8-9,13-17,20-21H,6-7,10-12H2,1-5H3/b9-8+/t13-,14+,15-,16-,17+,19-/m1/s1. The largest absolute Gasteiger partial charge is 0.393 e. The van der Waals surface area contributed by atoms with Gasteiger partial charge in [0.15, 0.2) is 0 Å². The second-order valence-electron chi connectivity index (χ2n) is 8.44. The Hall–Kier alpha value is -0.340. The monoisotopic (exact) mass is 294 g/mol. The van der Waals surface area contributed by atoms with Gasteiger partial charge in [-0.2, -0.15) is 0 Å². The van der Waals surface area contributed by atoms with E-state index in [1.807, 2.05) is 13.8 Å². The van der Waals surface area contributed by atoms with E-state index in [4.69, 9.17) is 0 Å². The molecule has 2 heteroatoms. The Bertz CT molecular complexity index is 382. The molecule has 0 bridgehead atoms. The van der Waals surface area contributed by atoms with Crippen molar-refractivity contribution in [3.63, 3.8) is 0 Å². The van der Waals surface area contributed by atoms with Crippen LogP contribution in [0, 0.1) is 29.1 Å². The van der Waals surface area contributed by atoms with Gasteiger partial charge < -0.3 is 10.2 Å². The van der Waals surface area contributed by atoms with Crippen molar-refractivity contribution in [1.29, 1.82) is 0 Å². The van der Waals surface area contributed by atoms with Crippen LogP contribution in [0.4, 0.5) is 0 Å². The molecule has 0 aromatic rings. The number of aliphatic hydroxyl groups excluding tert-OH is 1. The van der Waals surface area contributed by atoms with Crippen molar-refractivity contribution in [2.45, 2.75) is 78.4 Å². The molecule has 0 unspecified atom stereocenters. The summed E-state index contributed by atoms with van der Waals surface area (Å²) < 4.78 is 0. The maximum absolute atomic E-state index is 10.3. The molecule has 0 aromatic heterocycles. The average Bonchev–Trinajstić information content (AvgIpc) is 2.73. The number of aliphatic hydroxyl groups is 2. The first-order valence-electron chi connectivity index (χ1n) is 8.75. The Balaban J connectivity index is 2.06. The molecule has 2 saturated carbocycles. The lowest BCUT2D eigenvalue weighted by molar-refractivity contribution is -0.0232. The molecule has 2 aliphatic rings. The molecule has 0 saturated heterocycles. The molecular formula is C19H34O2. The fraction of sp³-hybridized carbons (Fsp3) is 0.895. The van der Waals surface area contributed by atoms with Crippen molar-refractivity contribution in [3.05, 3.63) is 12.2 Å². The third-order valence-corrected chi connectivity index (χ3v) is 6.61.